The van der Waals surface area contributed by atoms with Crippen LogP contribution in [-0.4, -0.2) is 45.6 Å². The van der Waals surface area contributed by atoms with Crippen LogP contribution in [0.1, 0.15) is 19.0 Å². The molecule has 0 spiro atoms. The van der Waals surface area contributed by atoms with E-state index in [4.69, 9.17) is 0 Å². The number of carbonyl (C=O) groups is 2. The van der Waals surface area contributed by atoms with E-state index in [9.17, 15) is 9.59 Å². The molecular formula is C12H18N4O2. The van der Waals surface area contributed by atoms with Gasteiger partial charge in [0.1, 0.15) is 0 Å². The first kappa shape index (κ1) is 12.8. The van der Waals surface area contributed by atoms with Crippen molar-refractivity contribution in [3.05, 3.63) is 18.0 Å². The van der Waals surface area contributed by atoms with Crippen LogP contribution in [-0.2, 0) is 23.1 Å². The Labute approximate surface area is 106 Å². The molecule has 1 aromatic rings. The first-order chi connectivity index (χ1) is 8.63. The van der Waals surface area contributed by atoms with Crippen LogP contribution in [0.25, 0.3) is 0 Å². The summed E-state index contributed by atoms with van der Waals surface area (Å²) in [4.78, 5) is 25.1. The zero-order chi connectivity index (χ0) is 13.1. The Morgan fingerprint density at radius 2 is 2.28 bits per heavy atom. The molecule has 2 rings (SSSR count). The van der Waals surface area contributed by atoms with E-state index in [1.807, 2.05) is 20.0 Å². The third-order valence-corrected chi connectivity index (χ3v) is 3.29. The van der Waals surface area contributed by atoms with Gasteiger partial charge in [-0.25, -0.2) is 0 Å². The summed E-state index contributed by atoms with van der Waals surface area (Å²) in [6.07, 6.45) is 3.06. The lowest BCUT2D eigenvalue weighted by atomic mass is 10.1. The number of imide groups is 1. The molecule has 0 aromatic carbocycles. The largest absolute Gasteiger partial charge is 0.297 e. The highest BCUT2D eigenvalue weighted by Crippen LogP contribution is 2.08. The van der Waals surface area contributed by atoms with Crippen molar-refractivity contribution in [2.24, 2.45) is 7.05 Å². The molecule has 6 heteroatoms. The fraction of sp³-hybridized carbons (Fsp3) is 0.583. The highest BCUT2D eigenvalue weighted by Gasteiger charge is 2.32. The minimum atomic E-state index is -0.228. The van der Waals surface area contributed by atoms with E-state index < -0.39 is 0 Å². The number of carbonyl (C=O) groups excluding carboxylic acids is 2. The van der Waals surface area contributed by atoms with Crippen molar-refractivity contribution >= 4 is 11.8 Å². The Hall–Kier alpha value is -1.69. The van der Waals surface area contributed by atoms with Gasteiger partial charge in [0.15, 0.2) is 0 Å². The van der Waals surface area contributed by atoms with Crippen molar-refractivity contribution < 1.29 is 9.59 Å². The first-order valence-corrected chi connectivity index (χ1v) is 6.18. The van der Waals surface area contributed by atoms with Crippen LogP contribution in [0.3, 0.4) is 0 Å². The van der Waals surface area contributed by atoms with Crippen LogP contribution >= 0.6 is 0 Å². The molecule has 0 saturated carbocycles. The molecule has 1 fully saturated rings. The van der Waals surface area contributed by atoms with E-state index in [0.717, 1.165) is 5.69 Å². The molecule has 1 aromatic heterocycles. The molecule has 1 saturated heterocycles. The van der Waals surface area contributed by atoms with Crippen molar-refractivity contribution in [2.75, 3.05) is 13.1 Å². The fourth-order valence-electron chi connectivity index (χ4n) is 2.13. The number of nitrogens with one attached hydrogen (secondary N) is 1. The summed E-state index contributed by atoms with van der Waals surface area (Å²) in [6.45, 7) is 2.61. The van der Waals surface area contributed by atoms with Crippen molar-refractivity contribution in [2.45, 2.75) is 25.8 Å². The molecule has 1 atom stereocenters. The van der Waals surface area contributed by atoms with Crippen molar-refractivity contribution in [1.29, 1.82) is 0 Å². The van der Waals surface area contributed by atoms with Crippen LogP contribution < -0.4 is 5.32 Å². The van der Waals surface area contributed by atoms with E-state index in [2.05, 4.69) is 10.4 Å². The molecule has 0 bridgehead atoms. The first-order valence-electron chi connectivity index (χ1n) is 6.18. The monoisotopic (exact) mass is 250 g/mol. The lowest BCUT2D eigenvalue weighted by Gasteiger charge is -2.31. The van der Waals surface area contributed by atoms with E-state index in [0.29, 0.717) is 19.4 Å². The molecule has 6 nitrogen and oxygen atoms in total. The van der Waals surface area contributed by atoms with Gasteiger partial charge in [0.05, 0.1) is 12.6 Å². The predicted molar refractivity (Wildman–Crippen MR) is 65.7 cm³/mol. The van der Waals surface area contributed by atoms with Crippen LogP contribution in [0.4, 0.5) is 0 Å². The molecule has 98 valence electrons. The topological polar surface area (TPSA) is 67.2 Å². The number of amides is 2. The average molecular weight is 250 g/mol. The second kappa shape index (κ2) is 5.30. The molecule has 2 heterocycles. The average Bonchev–Trinajstić information content (AvgIpc) is 2.75. The second-order valence-electron chi connectivity index (χ2n) is 4.42. The maximum atomic E-state index is 12.0. The van der Waals surface area contributed by atoms with Gasteiger partial charge in [-0.2, -0.15) is 5.10 Å². The van der Waals surface area contributed by atoms with Crippen LogP contribution in [0, 0.1) is 0 Å². The number of aromatic nitrogens is 2. The number of aryl methyl sites for hydroxylation is 1. The maximum absolute atomic E-state index is 12.0. The van der Waals surface area contributed by atoms with E-state index >= 15 is 0 Å². The van der Waals surface area contributed by atoms with Gasteiger partial charge in [0.2, 0.25) is 11.8 Å². The van der Waals surface area contributed by atoms with Gasteiger partial charge >= 0.3 is 0 Å². The number of rotatable bonds is 4. The van der Waals surface area contributed by atoms with E-state index in [1.54, 1.807) is 10.9 Å². The maximum Gasteiger partial charge on any atom is 0.246 e. The molecular weight excluding hydrogens is 232 g/mol. The SMILES string of the molecule is CCC1NCC(=O)N(CCc2ccnn2C)C1=O. The van der Waals surface area contributed by atoms with Gasteiger partial charge < -0.3 is 0 Å². The van der Waals surface area contributed by atoms with Gasteiger partial charge in [0.25, 0.3) is 0 Å². The van der Waals surface area contributed by atoms with Gasteiger partial charge in [-0.15, -0.1) is 0 Å². The Balaban J connectivity index is 2.00. The number of hydrogen-bond acceptors (Lipinski definition) is 4. The smallest absolute Gasteiger partial charge is 0.246 e. The minimum absolute atomic E-state index is 0.115. The summed E-state index contributed by atoms with van der Waals surface area (Å²) < 4.78 is 1.76. The summed E-state index contributed by atoms with van der Waals surface area (Å²) >= 11 is 0. The van der Waals surface area contributed by atoms with Crippen LogP contribution in [0.2, 0.25) is 0 Å². The van der Waals surface area contributed by atoms with E-state index in [1.165, 1.54) is 4.90 Å². The zero-order valence-electron chi connectivity index (χ0n) is 10.7. The fourth-order valence-corrected chi connectivity index (χ4v) is 2.13. The summed E-state index contributed by atoms with van der Waals surface area (Å²) in [5, 5.41) is 7.01. The summed E-state index contributed by atoms with van der Waals surface area (Å²) in [5.41, 5.74) is 1.02. The molecule has 1 unspecified atom stereocenters. The summed E-state index contributed by atoms with van der Waals surface area (Å²) in [5.74, 6) is -0.261. The Morgan fingerprint density at radius 3 is 2.89 bits per heavy atom. The van der Waals surface area contributed by atoms with E-state index in [-0.39, 0.29) is 24.4 Å². The standard InChI is InChI=1S/C12H18N4O2/c1-3-10-12(18)16(11(17)8-13-10)7-5-9-4-6-14-15(9)2/h4,6,10,13H,3,5,7-8H2,1-2H3. The van der Waals surface area contributed by atoms with Gasteiger partial charge in [-0.05, 0) is 12.5 Å². The quantitative estimate of drug-likeness (QED) is 0.745. The third-order valence-electron chi connectivity index (χ3n) is 3.29. The second-order valence-corrected chi connectivity index (χ2v) is 4.42. The molecule has 1 N–H and O–H groups in total. The zero-order valence-corrected chi connectivity index (χ0v) is 10.7. The third kappa shape index (κ3) is 2.43. The highest BCUT2D eigenvalue weighted by atomic mass is 16.2. The van der Waals surface area contributed by atoms with Crippen LogP contribution in [0.5, 0.6) is 0 Å². The van der Waals surface area contributed by atoms with Gasteiger partial charge in [-0.3, -0.25) is 24.5 Å². The molecule has 0 aliphatic carbocycles. The number of piperazine rings is 1. The Morgan fingerprint density at radius 1 is 1.50 bits per heavy atom. The van der Waals surface area contributed by atoms with Crippen LogP contribution in [0.15, 0.2) is 12.3 Å². The van der Waals surface area contributed by atoms with Gasteiger partial charge in [0, 0.05) is 31.9 Å². The lowest BCUT2D eigenvalue weighted by Crippen LogP contribution is -2.58. The van der Waals surface area contributed by atoms with Crippen molar-refractivity contribution in [3.8, 4) is 0 Å². The lowest BCUT2D eigenvalue weighted by molar-refractivity contribution is -0.149. The number of nitrogens with zero attached hydrogens (tertiary/aromatic N) is 3. The Kier molecular flexibility index (Phi) is 3.76. The van der Waals surface area contributed by atoms with Gasteiger partial charge in [-0.1, -0.05) is 6.92 Å². The summed E-state index contributed by atoms with van der Waals surface area (Å²) in [6, 6.07) is 1.67. The van der Waals surface area contributed by atoms with Crippen molar-refractivity contribution in [3.63, 3.8) is 0 Å². The highest BCUT2D eigenvalue weighted by molar-refractivity contribution is 6.01. The summed E-state index contributed by atoms with van der Waals surface area (Å²) in [7, 11) is 1.85. The predicted octanol–water partition coefficient (Wildman–Crippen LogP) is -0.300. The normalized spacial score (nSPS) is 20.6. The molecule has 2 amide bonds. The number of hydrogen-bond donors (Lipinski definition) is 1. The Bertz CT molecular complexity index is 455. The molecule has 1 aliphatic heterocycles. The molecule has 18 heavy (non-hydrogen) atoms. The van der Waals surface area contributed by atoms with Crippen molar-refractivity contribution in [1.82, 2.24) is 20.0 Å². The molecule has 0 radical (unpaired) electrons. The molecule has 1 aliphatic rings. The minimum Gasteiger partial charge on any atom is -0.297 e.